The third kappa shape index (κ3) is 6.25. The van der Waals surface area contributed by atoms with E-state index in [0.717, 1.165) is 12.8 Å². The topological polar surface area (TPSA) is 9.23 Å². The number of benzene rings is 1. The van der Waals surface area contributed by atoms with Crippen molar-refractivity contribution >= 4 is 6.08 Å². The molecule has 2 unspecified atom stereocenters. The largest absolute Gasteiger partial charge is 0.497 e. The lowest BCUT2D eigenvalue weighted by Gasteiger charge is -2.15. The number of ether oxygens (including phenoxy) is 1. The minimum absolute atomic E-state index is 0.0553. The fourth-order valence-electron chi connectivity index (χ4n) is 2.37. The Morgan fingerprint density at radius 2 is 1.81 bits per heavy atom. The van der Waals surface area contributed by atoms with Crippen molar-refractivity contribution < 1.29 is 17.9 Å². The number of hydrogen-bond acceptors (Lipinski definition) is 1. The highest BCUT2D eigenvalue weighted by molar-refractivity contribution is 5.51. The molecule has 0 saturated heterocycles. The second-order valence-electron chi connectivity index (χ2n) is 6.60. The van der Waals surface area contributed by atoms with Crippen LogP contribution in [-0.2, 0) is 4.74 Å². The van der Waals surface area contributed by atoms with E-state index in [1.54, 1.807) is 18.2 Å². The molecule has 0 heterocycles. The van der Waals surface area contributed by atoms with Gasteiger partial charge in [0.2, 0.25) is 0 Å². The maximum absolute atomic E-state index is 14.0. The van der Waals surface area contributed by atoms with Gasteiger partial charge in [0.1, 0.15) is 11.6 Å². The number of aryl methyl sites for hydroxylation is 1. The van der Waals surface area contributed by atoms with Crippen molar-refractivity contribution in [3.05, 3.63) is 77.4 Å². The van der Waals surface area contributed by atoms with Crippen LogP contribution in [0.5, 0.6) is 0 Å². The van der Waals surface area contributed by atoms with Crippen LogP contribution in [0, 0.1) is 30.4 Å². The van der Waals surface area contributed by atoms with Crippen molar-refractivity contribution in [1.82, 2.24) is 0 Å². The Kier molecular flexibility index (Phi) is 8.43. The van der Waals surface area contributed by atoms with Gasteiger partial charge in [-0.2, -0.15) is 0 Å². The van der Waals surface area contributed by atoms with Gasteiger partial charge >= 0.3 is 0 Å². The van der Waals surface area contributed by atoms with E-state index < -0.39 is 17.5 Å². The van der Waals surface area contributed by atoms with E-state index in [1.807, 2.05) is 19.9 Å². The first-order valence-electron chi connectivity index (χ1n) is 8.59. The molecular formula is C22H27F3O. The molecule has 0 fully saturated rings. The van der Waals surface area contributed by atoms with Crippen LogP contribution >= 0.6 is 0 Å². The molecule has 0 amide bonds. The number of halogens is 3. The van der Waals surface area contributed by atoms with Crippen LogP contribution in [0.25, 0.3) is 6.08 Å². The molecule has 0 aromatic heterocycles. The molecule has 1 nitrogen and oxygen atoms in total. The lowest BCUT2D eigenvalue weighted by atomic mass is 9.91. The third-order valence-corrected chi connectivity index (χ3v) is 4.42. The zero-order chi connectivity index (χ0) is 19.9. The van der Waals surface area contributed by atoms with Gasteiger partial charge in [0.05, 0.1) is 7.11 Å². The van der Waals surface area contributed by atoms with E-state index in [0.29, 0.717) is 5.57 Å². The third-order valence-electron chi connectivity index (χ3n) is 4.42. The molecule has 1 aromatic carbocycles. The zero-order valence-corrected chi connectivity index (χ0v) is 15.9. The fourth-order valence-corrected chi connectivity index (χ4v) is 2.37. The quantitative estimate of drug-likeness (QED) is 0.342. The zero-order valence-electron chi connectivity index (χ0n) is 15.9. The van der Waals surface area contributed by atoms with Crippen molar-refractivity contribution in [2.75, 3.05) is 7.11 Å². The van der Waals surface area contributed by atoms with Gasteiger partial charge in [0, 0.05) is 11.6 Å². The second kappa shape index (κ2) is 10.0. The molecule has 0 N–H and O–H groups in total. The predicted octanol–water partition coefficient (Wildman–Crippen LogP) is 6.91. The highest BCUT2D eigenvalue weighted by Crippen LogP contribution is 2.26. The van der Waals surface area contributed by atoms with E-state index in [1.165, 1.54) is 20.1 Å². The van der Waals surface area contributed by atoms with Crippen LogP contribution < -0.4 is 0 Å². The van der Waals surface area contributed by atoms with Gasteiger partial charge in [0.15, 0.2) is 11.6 Å². The van der Waals surface area contributed by atoms with Crippen LogP contribution in [0.2, 0.25) is 0 Å². The van der Waals surface area contributed by atoms with Crippen LogP contribution in [0.1, 0.15) is 37.8 Å². The molecular weight excluding hydrogens is 337 g/mol. The standard InChI is InChI=1S/C22H27F3O/c1-14(8-11-19-12-10-16(3)21(24)22(19)25)7-9-15(2)18(5)20(23)13-17(4)26-6/h8,10-15H,4-5,7,9H2,1-3,6H3/b11-8+,20-13+. The van der Waals surface area contributed by atoms with Crippen molar-refractivity contribution in [2.45, 2.75) is 33.6 Å². The first kappa shape index (κ1) is 21.8. The molecule has 0 aliphatic heterocycles. The molecule has 0 radical (unpaired) electrons. The molecule has 2 atom stereocenters. The Bertz CT molecular complexity index is 716. The Hall–Kier alpha value is -2.23. The monoisotopic (exact) mass is 364 g/mol. The number of rotatable bonds is 9. The van der Waals surface area contributed by atoms with E-state index in [4.69, 9.17) is 4.74 Å². The molecule has 0 aliphatic rings. The average Bonchev–Trinajstić information content (AvgIpc) is 2.62. The van der Waals surface area contributed by atoms with Gasteiger partial charge in [-0.25, -0.2) is 13.2 Å². The van der Waals surface area contributed by atoms with Crippen molar-refractivity contribution in [3.63, 3.8) is 0 Å². The van der Waals surface area contributed by atoms with E-state index in [2.05, 4.69) is 13.2 Å². The van der Waals surface area contributed by atoms with Crippen LogP contribution in [0.3, 0.4) is 0 Å². The van der Waals surface area contributed by atoms with Gasteiger partial charge in [-0.1, -0.05) is 51.3 Å². The summed E-state index contributed by atoms with van der Waals surface area (Å²) in [5.41, 5.74) is 0.904. The molecule has 0 spiro atoms. The normalized spacial score (nSPS) is 14.3. The first-order chi connectivity index (χ1) is 12.2. The summed E-state index contributed by atoms with van der Waals surface area (Å²) < 4.78 is 46.3. The average molecular weight is 364 g/mol. The summed E-state index contributed by atoms with van der Waals surface area (Å²) in [4.78, 5) is 0. The van der Waals surface area contributed by atoms with Gasteiger partial charge in [0.25, 0.3) is 0 Å². The smallest absolute Gasteiger partial charge is 0.166 e. The Morgan fingerprint density at radius 1 is 1.15 bits per heavy atom. The highest BCUT2D eigenvalue weighted by Gasteiger charge is 2.13. The first-order valence-corrected chi connectivity index (χ1v) is 8.59. The minimum Gasteiger partial charge on any atom is -0.497 e. The molecule has 1 rings (SSSR count). The SMILES string of the molecule is C=C(/C=C(/F)C(=C)C(C)CCC(C)/C=C/c1ccc(C)c(F)c1F)OC. The Balaban J connectivity index is 2.62. The summed E-state index contributed by atoms with van der Waals surface area (Å²) in [5.74, 6) is -1.77. The molecule has 0 aliphatic carbocycles. The molecule has 0 bridgehead atoms. The minimum atomic E-state index is -0.833. The van der Waals surface area contributed by atoms with Crippen LogP contribution in [0.4, 0.5) is 13.2 Å². The summed E-state index contributed by atoms with van der Waals surface area (Å²) in [6.45, 7) is 12.8. The van der Waals surface area contributed by atoms with Gasteiger partial charge < -0.3 is 4.74 Å². The summed E-state index contributed by atoms with van der Waals surface area (Å²) >= 11 is 0. The summed E-state index contributed by atoms with van der Waals surface area (Å²) in [7, 11) is 1.43. The van der Waals surface area contributed by atoms with E-state index in [9.17, 15) is 13.2 Å². The summed E-state index contributed by atoms with van der Waals surface area (Å²) in [6.07, 6.45) is 6.13. The van der Waals surface area contributed by atoms with Gasteiger partial charge in [-0.3, -0.25) is 0 Å². The van der Waals surface area contributed by atoms with Gasteiger partial charge in [-0.05, 0) is 42.7 Å². The molecule has 4 heteroatoms. The fraction of sp³-hybridized carbons (Fsp3) is 0.364. The lowest BCUT2D eigenvalue weighted by Crippen LogP contribution is -2.02. The van der Waals surface area contributed by atoms with E-state index >= 15 is 0 Å². The summed E-state index contributed by atoms with van der Waals surface area (Å²) in [5, 5.41) is 0. The number of methoxy groups -OCH3 is 1. The molecule has 0 saturated carbocycles. The number of hydrogen-bond donors (Lipinski definition) is 0. The summed E-state index contributed by atoms with van der Waals surface area (Å²) in [6, 6.07) is 3.11. The van der Waals surface area contributed by atoms with E-state index in [-0.39, 0.29) is 28.7 Å². The second-order valence-corrected chi connectivity index (χ2v) is 6.60. The lowest BCUT2D eigenvalue weighted by molar-refractivity contribution is 0.307. The molecule has 26 heavy (non-hydrogen) atoms. The maximum atomic E-state index is 14.0. The van der Waals surface area contributed by atoms with Crippen LogP contribution in [-0.4, -0.2) is 7.11 Å². The Labute approximate surface area is 154 Å². The van der Waals surface area contributed by atoms with Crippen LogP contribution in [0.15, 0.2) is 54.6 Å². The highest BCUT2D eigenvalue weighted by atomic mass is 19.2. The molecule has 142 valence electrons. The predicted molar refractivity (Wildman–Crippen MR) is 102 cm³/mol. The van der Waals surface area contributed by atoms with Crippen molar-refractivity contribution in [1.29, 1.82) is 0 Å². The number of allylic oxidation sites excluding steroid dienone is 4. The Morgan fingerprint density at radius 3 is 2.42 bits per heavy atom. The van der Waals surface area contributed by atoms with Crippen molar-refractivity contribution in [3.8, 4) is 0 Å². The molecule has 1 aromatic rings. The maximum Gasteiger partial charge on any atom is 0.166 e. The van der Waals surface area contributed by atoms with Crippen molar-refractivity contribution in [2.24, 2.45) is 11.8 Å². The van der Waals surface area contributed by atoms with Gasteiger partial charge in [-0.15, -0.1) is 0 Å².